The van der Waals surface area contributed by atoms with Crippen LogP contribution in [0.5, 0.6) is 0 Å². The van der Waals surface area contributed by atoms with Crippen LogP contribution in [0.4, 0.5) is 0 Å². The van der Waals surface area contributed by atoms with E-state index in [4.69, 9.17) is 0 Å². The van der Waals surface area contributed by atoms with Crippen LogP contribution >= 0.6 is 0 Å². The third-order valence-electron chi connectivity index (χ3n) is 4.44. The number of hydrogen-bond donors (Lipinski definition) is 2. The molecule has 2 aromatic carbocycles. The van der Waals surface area contributed by atoms with Gasteiger partial charge in [-0.2, -0.15) is 0 Å². The van der Waals surface area contributed by atoms with Crippen LogP contribution in [0.25, 0.3) is 11.1 Å². The standard InChI is InChI=1S/C19H24N2/c1-20-18-11-6-12-21-19(18)14-15-7-5-10-17(13-15)16-8-3-2-4-9-16/h2-5,7-10,13,18-21H,6,11-12,14H2,1H3. The molecule has 0 bridgehead atoms. The molecule has 110 valence electrons. The second-order valence-corrected chi connectivity index (χ2v) is 5.87. The van der Waals surface area contributed by atoms with Gasteiger partial charge in [0, 0.05) is 12.1 Å². The maximum absolute atomic E-state index is 3.67. The number of benzene rings is 2. The van der Waals surface area contributed by atoms with Crippen LogP contribution in [0.2, 0.25) is 0 Å². The second kappa shape index (κ2) is 6.88. The van der Waals surface area contributed by atoms with Gasteiger partial charge < -0.3 is 10.6 Å². The molecule has 3 rings (SSSR count). The number of nitrogens with one attached hydrogen (secondary N) is 2. The average Bonchev–Trinajstić information content (AvgIpc) is 2.56. The van der Waals surface area contributed by atoms with Crippen molar-refractivity contribution in [3.63, 3.8) is 0 Å². The van der Waals surface area contributed by atoms with Crippen molar-refractivity contribution in [2.24, 2.45) is 0 Å². The van der Waals surface area contributed by atoms with E-state index < -0.39 is 0 Å². The fraction of sp³-hybridized carbons (Fsp3) is 0.368. The smallest absolute Gasteiger partial charge is 0.0261 e. The molecule has 1 fully saturated rings. The van der Waals surface area contributed by atoms with Gasteiger partial charge in [-0.15, -0.1) is 0 Å². The van der Waals surface area contributed by atoms with Gasteiger partial charge in [0.25, 0.3) is 0 Å². The summed E-state index contributed by atoms with van der Waals surface area (Å²) in [5.74, 6) is 0. The molecule has 1 aliphatic rings. The first kappa shape index (κ1) is 14.3. The molecular weight excluding hydrogens is 256 g/mol. The number of hydrogen-bond acceptors (Lipinski definition) is 2. The van der Waals surface area contributed by atoms with Gasteiger partial charge in [-0.25, -0.2) is 0 Å². The zero-order valence-electron chi connectivity index (χ0n) is 12.7. The maximum atomic E-state index is 3.67. The van der Waals surface area contributed by atoms with Crippen LogP contribution in [0.3, 0.4) is 0 Å². The topological polar surface area (TPSA) is 24.1 Å². The van der Waals surface area contributed by atoms with E-state index in [0.29, 0.717) is 12.1 Å². The van der Waals surface area contributed by atoms with Gasteiger partial charge in [0.2, 0.25) is 0 Å². The zero-order valence-corrected chi connectivity index (χ0v) is 12.7. The molecule has 0 saturated carbocycles. The molecule has 2 atom stereocenters. The van der Waals surface area contributed by atoms with Crippen molar-refractivity contribution in [1.29, 1.82) is 0 Å². The van der Waals surface area contributed by atoms with Crippen LogP contribution < -0.4 is 10.6 Å². The highest BCUT2D eigenvalue weighted by Crippen LogP contribution is 2.21. The predicted octanol–water partition coefficient (Wildman–Crippen LogP) is 3.24. The Morgan fingerprint density at radius 2 is 1.86 bits per heavy atom. The summed E-state index contributed by atoms with van der Waals surface area (Å²) in [7, 11) is 2.07. The van der Waals surface area contributed by atoms with Gasteiger partial charge in [-0.05, 0) is 49.5 Å². The molecule has 2 aromatic rings. The maximum Gasteiger partial charge on any atom is 0.0261 e. The van der Waals surface area contributed by atoms with Gasteiger partial charge >= 0.3 is 0 Å². The molecule has 2 heteroatoms. The summed E-state index contributed by atoms with van der Waals surface area (Å²) in [6.07, 6.45) is 3.63. The second-order valence-electron chi connectivity index (χ2n) is 5.87. The molecule has 0 aliphatic carbocycles. The molecule has 0 spiro atoms. The lowest BCUT2D eigenvalue weighted by Gasteiger charge is -2.32. The highest BCUT2D eigenvalue weighted by Gasteiger charge is 2.23. The summed E-state index contributed by atoms with van der Waals surface area (Å²) in [6, 6.07) is 20.7. The average molecular weight is 280 g/mol. The first-order chi connectivity index (χ1) is 10.4. The van der Waals surface area contributed by atoms with E-state index in [-0.39, 0.29) is 0 Å². The van der Waals surface area contributed by atoms with Crippen LogP contribution in [0.1, 0.15) is 18.4 Å². The van der Waals surface area contributed by atoms with E-state index in [9.17, 15) is 0 Å². The number of rotatable bonds is 4. The molecular formula is C19H24N2. The predicted molar refractivity (Wildman–Crippen MR) is 89.5 cm³/mol. The lowest BCUT2D eigenvalue weighted by atomic mass is 9.92. The molecule has 21 heavy (non-hydrogen) atoms. The van der Waals surface area contributed by atoms with Crippen molar-refractivity contribution in [1.82, 2.24) is 10.6 Å². The SMILES string of the molecule is CNC1CCCNC1Cc1cccc(-c2ccccc2)c1. The largest absolute Gasteiger partial charge is 0.315 e. The minimum Gasteiger partial charge on any atom is -0.315 e. The van der Waals surface area contributed by atoms with Crippen molar-refractivity contribution < 1.29 is 0 Å². The van der Waals surface area contributed by atoms with Crippen LogP contribution in [-0.4, -0.2) is 25.7 Å². The fourth-order valence-corrected chi connectivity index (χ4v) is 3.28. The number of likely N-dealkylation sites (N-methyl/N-ethyl adjacent to an activating group) is 1. The monoisotopic (exact) mass is 280 g/mol. The zero-order chi connectivity index (χ0) is 14.5. The summed E-state index contributed by atoms with van der Waals surface area (Å²) < 4.78 is 0. The van der Waals surface area contributed by atoms with E-state index in [1.54, 1.807) is 0 Å². The van der Waals surface area contributed by atoms with Gasteiger partial charge in [0.15, 0.2) is 0 Å². The molecule has 2 N–H and O–H groups in total. The first-order valence-corrected chi connectivity index (χ1v) is 7.92. The molecule has 1 saturated heterocycles. The van der Waals surface area contributed by atoms with Crippen molar-refractivity contribution in [2.75, 3.05) is 13.6 Å². The van der Waals surface area contributed by atoms with E-state index >= 15 is 0 Å². The third kappa shape index (κ3) is 3.52. The first-order valence-electron chi connectivity index (χ1n) is 7.92. The van der Waals surface area contributed by atoms with E-state index in [1.165, 1.54) is 29.5 Å². The van der Waals surface area contributed by atoms with Gasteiger partial charge in [0.05, 0.1) is 0 Å². The Kier molecular flexibility index (Phi) is 4.69. The summed E-state index contributed by atoms with van der Waals surface area (Å²) in [5.41, 5.74) is 4.02. The van der Waals surface area contributed by atoms with Crippen molar-refractivity contribution >= 4 is 0 Å². The molecule has 0 amide bonds. The van der Waals surface area contributed by atoms with Gasteiger partial charge in [-0.1, -0.05) is 54.6 Å². The summed E-state index contributed by atoms with van der Waals surface area (Å²) in [6.45, 7) is 1.14. The Labute approximate surface area is 127 Å². The minimum absolute atomic E-state index is 0.537. The van der Waals surface area contributed by atoms with Gasteiger partial charge in [-0.3, -0.25) is 0 Å². The van der Waals surface area contributed by atoms with Crippen LogP contribution in [0.15, 0.2) is 54.6 Å². The lowest BCUT2D eigenvalue weighted by Crippen LogP contribution is -2.51. The van der Waals surface area contributed by atoms with Crippen LogP contribution in [0, 0.1) is 0 Å². The van der Waals surface area contributed by atoms with E-state index in [0.717, 1.165) is 13.0 Å². The number of piperidine rings is 1. The summed E-state index contributed by atoms with van der Waals surface area (Å²) in [4.78, 5) is 0. The van der Waals surface area contributed by atoms with Crippen molar-refractivity contribution in [3.05, 3.63) is 60.2 Å². The molecule has 2 nitrogen and oxygen atoms in total. The minimum atomic E-state index is 0.537. The molecule has 1 aliphatic heterocycles. The van der Waals surface area contributed by atoms with Crippen molar-refractivity contribution in [3.8, 4) is 11.1 Å². The Balaban J connectivity index is 1.77. The van der Waals surface area contributed by atoms with E-state index in [2.05, 4.69) is 72.3 Å². The third-order valence-corrected chi connectivity index (χ3v) is 4.44. The molecule has 1 heterocycles. The Hall–Kier alpha value is -1.64. The Morgan fingerprint density at radius 1 is 1.05 bits per heavy atom. The molecule has 0 radical (unpaired) electrons. The van der Waals surface area contributed by atoms with E-state index in [1.807, 2.05) is 0 Å². The highest BCUT2D eigenvalue weighted by atomic mass is 15.0. The summed E-state index contributed by atoms with van der Waals surface area (Å²) in [5, 5.41) is 7.12. The Bertz CT molecular complexity index is 565. The van der Waals surface area contributed by atoms with Crippen LogP contribution in [-0.2, 0) is 6.42 Å². The molecule has 0 aromatic heterocycles. The normalized spacial score (nSPS) is 22.1. The molecule has 2 unspecified atom stereocenters. The quantitative estimate of drug-likeness (QED) is 0.898. The fourth-order valence-electron chi connectivity index (χ4n) is 3.28. The van der Waals surface area contributed by atoms with Gasteiger partial charge in [0.1, 0.15) is 0 Å². The Morgan fingerprint density at radius 3 is 2.67 bits per heavy atom. The summed E-state index contributed by atoms with van der Waals surface area (Å²) >= 11 is 0. The highest BCUT2D eigenvalue weighted by molar-refractivity contribution is 5.63. The lowest BCUT2D eigenvalue weighted by molar-refractivity contribution is 0.313. The van der Waals surface area contributed by atoms with Crippen molar-refractivity contribution in [2.45, 2.75) is 31.3 Å².